The minimum atomic E-state index is -0.398. The largest absolute Gasteiger partial charge is 0.465 e. The maximum absolute atomic E-state index is 12.9. The molecule has 3 aliphatic carbocycles. The molecule has 0 radical (unpaired) electrons. The molecule has 0 heterocycles. The first-order chi connectivity index (χ1) is 12.6. The number of esters is 2. The van der Waals surface area contributed by atoms with Crippen molar-refractivity contribution in [1.29, 1.82) is 0 Å². The number of hydrogen-bond acceptors (Lipinski definition) is 4. The van der Waals surface area contributed by atoms with Crippen LogP contribution in [0.5, 0.6) is 0 Å². The van der Waals surface area contributed by atoms with Gasteiger partial charge >= 0.3 is 11.9 Å². The lowest BCUT2D eigenvalue weighted by Crippen LogP contribution is -2.47. The van der Waals surface area contributed by atoms with Gasteiger partial charge in [-0.25, -0.2) is 4.79 Å². The molecule has 0 unspecified atom stereocenters. The molecule has 4 heteroatoms. The second-order valence-electron chi connectivity index (χ2n) is 9.83. The Kier molecular flexibility index (Phi) is 7.15. The summed E-state index contributed by atoms with van der Waals surface area (Å²) in [5, 5.41) is 0. The van der Waals surface area contributed by atoms with E-state index in [1.165, 1.54) is 44.9 Å². The molecule has 4 nitrogen and oxygen atoms in total. The first-order valence-electron chi connectivity index (χ1n) is 10.6. The summed E-state index contributed by atoms with van der Waals surface area (Å²) in [6, 6.07) is 0. The van der Waals surface area contributed by atoms with Crippen LogP contribution in [0.3, 0.4) is 0 Å². The summed E-state index contributed by atoms with van der Waals surface area (Å²) in [5.74, 6) is -0.435. The summed E-state index contributed by atoms with van der Waals surface area (Å²) in [4.78, 5) is 24.5. The molecule has 154 valence electrons. The third-order valence-corrected chi connectivity index (χ3v) is 6.68. The fourth-order valence-corrected chi connectivity index (χ4v) is 4.53. The zero-order valence-electron chi connectivity index (χ0n) is 17.8. The second-order valence-corrected chi connectivity index (χ2v) is 9.83. The van der Waals surface area contributed by atoms with Crippen molar-refractivity contribution in [3.05, 3.63) is 12.2 Å². The van der Waals surface area contributed by atoms with Crippen molar-refractivity contribution in [3.63, 3.8) is 0 Å². The highest BCUT2D eigenvalue weighted by atomic mass is 16.5. The number of carbonyl (C=O) groups excluding carboxylic acids is 2. The molecule has 0 N–H and O–H groups in total. The Bertz CT molecular complexity index is 536. The third kappa shape index (κ3) is 5.58. The SMILES string of the molecule is C=C(C)C(=O)OCC(C)(C)COC(=O)C12CCC(CCCCC)(CC1)CC2. The number of unbranched alkanes of at least 4 members (excludes halogenated alkanes) is 2. The van der Waals surface area contributed by atoms with E-state index < -0.39 is 11.4 Å². The van der Waals surface area contributed by atoms with Crippen molar-refractivity contribution in [1.82, 2.24) is 0 Å². The summed E-state index contributed by atoms with van der Waals surface area (Å²) >= 11 is 0. The van der Waals surface area contributed by atoms with Crippen molar-refractivity contribution < 1.29 is 19.1 Å². The van der Waals surface area contributed by atoms with Crippen LogP contribution in [0.15, 0.2) is 12.2 Å². The zero-order chi connectivity index (χ0) is 20.1. The van der Waals surface area contributed by atoms with Gasteiger partial charge in [0, 0.05) is 11.0 Å². The molecular weight excluding hydrogens is 340 g/mol. The van der Waals surface area contributed by atoms with Gasteiger partial charge in [0.1, 0.15) is 0 Å². The van der Waals surface area contributed by atoms with E-state index in [2.05, 4.69) is 13.5 Å². The quantitative estimate of drug-likeness (QED) is 0.282. The van der Waals surface area contributed by atoms with Gasteiger partial charge in [0.25, 0.3) is 0 Å². The maximum Gasteiger partial charge on any atom is 0.333 e. The average Bonchev–Trinajstić information content (AvgIpc) is 2.66. The van der Waals surface area contributed by atoms with E-state index in [1.54, 1.807) is 6.92 Å². The van der Waals surface area contributed by atoms with Crippen LogP contribution in [0.4, 0.5) is 0 Å². The van der Waals surface area contributed by atoms with Crippen LogP contribution in [0, 0.1) is 16.2 Å². The molecule has 0 aromatic heterocycles. The molecule has 0 aromatic rings. The standard InChI is InChI=1S/C23H38O4/c1-6-7-8-9-22-10-13-23(14-11-22,15-12-22)20(25)27-17-21(4,5)16-26-19(24)18(2)3/h2,6-17H2,1,3-5H3. The minimum Gasteiger partial charge on any atom is -0.465 e. The van der Waals surface area contributed by atoms with E-state index in [9.17, 15) is 9.59 Å². The first-order valence-corrected chi connectivity index (χ1v) is 10.6. The number of rotatable bonds is 10. The van der Waals surface area contributed by atoms with Gasteiger partial charge in [-0.3, -0.25) is 4.79 Å². The van der Waals surface area contributed by atoms with Crippen molar-refractivity contribution in [2.75, 3.05) is 13.2 Å². The predicted octanol–water partition coefficient (Wildman–Crippen LogP) is 5.60. The number of ether oxygens (including phenoxy) is 2. The van der Waals surface area contributed by atoms with Gasteiger partial charge in [-0.05, 0) is 57.3 Å². The van der Waals surface area contributed by atoms with Gasteiger partial charge < -0.3 is 9.47 Å². The summed E-state index contributed by atoms with van der Waals surface area (Å²) in [6.07, 6.45) is 11.7. The Balaban J connectivity index is 1.81. The van der Waals surface area contributed by atoms with Gasteiger partial charge in [0.15, 0.2) is 0 Å². The van der Waals surface area contributed by atoms with Crippen LogP contribution >= 0.6 is 0 Å². The van der Waals surface area contributed by atoms with E-state index >= 15 is 0 Å². The lowest BCUT2D eigenvalue weighted by molar-refractivity contribution is -0.170. The summed E-state index contributed by atoms with van der Waals surface area (Å²) in [7, 11) is 0. The van der Waals surface area contributed by atoms with Crippen molar-refractivity contribution in [2.24, 2.45) is 16.2 Å². The third-order valence-electron chi connectivity index (χ3n) is 6.68. The lowest BCUT2D eigenvalue weighted by atomic mass is 9.52. The smallest absolute Gasteiger partial charge is 0.333 e. The zero-order valence-corrected chi connectivity index (χ0v) is 17.8. The van der Waals surface area contributed by atoms with Crippen molar-refractivity contribution in [3.8, 4) is 0 Å². The summed E-state index contributed by atoms with van der Waals surface area (Å²) in [6.45, 7) is 11.9. The molecule has 0 aliphatic heterocycles. The van der Waals surface area contributed by atoms with Crippen molar-refractivity contribution >= 4 is 11.9 Å². The lowest BCUT2D eigenvalue weighted by Gasteiger charge is -2.52. The van der Waals surface area contributed by atoms with E-state index in [1.807, 2.05) is 13.8 Å². The number of fused-ring (bicyclic) bond motifs is 3. The number of hydrogen-bond donors (Lipinski definition) is 0. The molecule has 0 saturated heterocycles. The van der Waals surface area contributed by atoms with Gasteiger partial charge in [0.2, 0.25) is 0 Å². The molecule has 27 heavy (non-hydrogen) atoms. The fourth-order valence-electron chi connectivity index (χ4n) is 4.53. The molecule has 3 rings (SSSR count). The van der Waals surface area contributed by atoms with Crippen LogP contribution in [-0.2, 0) is 19.1 Å². The molecule has 3 aliphatic rings. The average molecular weight is 379 g/mol. The molecular formula is C23H38O4. The highest BCUT2D eigenvalue weighted by molar-refractivity contribution is 5.86. The topological polar surface area (TPSA) is 52.6 Å². The molecule has 0 amide bonds. The van der Waals surface area contributed by atoms with Crippen LogP contribution < -0.4 is 0 Å². The normalized spacial score (nSPS) is 27.3. The molecule has 2 bridgehead atoms. The van der Waals surface area contributed by atoms with Crippen LogP contribution in [0.1, 0.15) is 91.9 Å². The fraction of sp³-hybridized carbons (Fsp3) is 0.826. The first kappa shape index (κ1) is 22.0. The van der Waals surface area contributed by atoms with Gasteiger partial charge in [-0.2, -0.15) is 0 Å². The minimum absolute atomic E-state index is 0.0383. The Morgan fingerprint density at radius 3 is 2.04 bits per heavy atom. The summed E-state index contributed by atoms with van der Waals surface area (Å²) in [5.41, 5.74) is 0.211. The monoisotopic (exact) mass is 378 g/mol. The Hall–Kier alpha value is -1.32. The van der Waals surface area contributed by atoms with E-state index in [-0.39, 0.29) is 24.6 Å². The highest BCUT2D eigenvalue weighted by Crippen LogP contribution is 2.59. The maximum atomic E-state index is 12.9. The molecule has 0 atom stereocenters. The van der Waals surface area contributed by atoms with Crippen molar-refractivity contribution in [2.45, 2.75) is 91.9 Å². The predicted molar refractivity (Wildman–Crippen MR) is 107 cm³/mol. The Labute approximate surface area is 165 Å². The van der Waals surface area contributed by atoms with Crippen LogP contribution in [0.25, 0.3) is 0 Å². The van der Waals surface area contributed by atoms with Crippen LogP contribution in [-0.4, -0.2) is 25.2 Å². The van der Waals surface area contributed by atoms with Gasteiger partial charge in [-0.15, -0.1) is 0 Å². The molecule has 0 spiro atoms. The van der Waals surface area contributed by atoms with Crippen LogP contribution in [0.2, 0.25) is 0 Å². The molecule has 3 fully saturated rings. The Morgan fingerprint density at radius 1 is 0.963 bits per heavy atom. The Morgan fingerprint density at radius 2 is 1.52 bits per heavy atom. The van der Waals surface area contributed by atoms with E-state index in [0.29, 0.717) is 11.0 Å². The second kappa shape index (κ2) is 8.79. The van der Waals surface area contributed by atoms with E-state index in [4.69, 9.17) is 9.47 Å². The molecule has 3 saturated carbocycles. The van der Waals surface area contributed by atoms with Gasteiger partial charge in [0.05, 0.1) is 18.6 Å². The van der Waals surface area contributed by atoms with Gasteiger partial charge in [-0.1, -0.05) is 46.6 Å². The number of carbonyl (C=O) groups is 2. The van der Waals surface area contributed by atoms with E-state index in [0.717, 1.165) is 19.3 Å². The highest BCUT2D eigenvalue weighted by Gasteiger charge is 2.52. The molecule has 0 aromatic carbocycles. The summed E-state index contributed by atoms with van der Waals surface area (Å²) < 4.78 is 11.0.